The normalized spacial score (nSPS) is 11.4. The maximum atomic E-state index is 5.39. The van der Waals surface area contributed by atoms with Gasteiger partial charge in [0.15, 0.2) is 23.3 Å². The van der Waals surface area contributed by atoms with E-state index in [9.17, 15) is 0 Å². The molecule has 0 saturated carbocycles. The number of nitrogens with one attached hydrogen (secondary N) is 2. The average molecular weight is 415 g/mol. The predicted octanol–water partition coefficient (Wildman–Crippen LogP) is 3.00. The van der Waals surface area contributed by atoms with E-state index in [0.29, 0.717) is 24.0 Å². The van der Waals surface area contributed by atoms with Crippen molar-refractivity contribution in [1.82, 2.24) is 20.1 Å². The molecule has 154 valence electrons. The minimum atomic E-state index is 0.416. The minimum absolute atomic E-state index is 0.416. The Morgan fingerprint density at radius 2 is 2.00 bits per heavy atom. The number of methoxy groups -OCH3 is 2. The van der Waals surface area contributed by atoms with Crippen LogP contribution in [-0.2, 0) is 20.0 Å². The number of thiophene rings is 1. The maximum Gasteiger partial charge on any atom is 0.196 e. The standard InChI is InChI=1S/C20H26N6O2S/c1-14-24-25-19(26(14)2)13-22-20(21-10-9-16-6-5-11-29-16)23-15-7-8-17(27-3)18(12-15)28-4/h5-8,11-12H,9-10,13H2,1-4H3,(H2,21,22,23). The number of nitrogens with zero attached hydrogens (tertiary/aromatic N) is 4. The van der Waals surface area contributed by atoms with E-state index in [4.69, 9.17) is 9.47 Å². The SMILES string of the molecule is COc1ccc(NC(=NCc2nnc(C)n2C)NCCc2cccs2)cc1OC. The molecule has 0 aliphatic heterocycles. The molecule has 0 amide bonds. The topological polar surface area (TPSA) is 85.6 Å². The zero-order valence-corrected chi connectivity index (χ0v) is 17.9. The van der Waals surface area contributed by atoms with Crippen molar-refractivity contribution >= 4 is 23.0 Å². The molecule has 0 unspecified atom stereocenters. The van der Waals surface area contributed by atoms with Crippen molar-refractivity contribution in [2.24, 2.45) is 12.0 Å². The van der Waals surface area contributed by atoms with Gasteiger partial charge in [-0.3, -0.25) is 0 Å². The molecule has 0 bridgehead atoms. The van der Waals surface area contributed by atoms with Gasteiger partial charge in [0.25, 0.3) is 0 Å². The van der Waals surface area contributed by atoms with Crippen LogP contribution in [0.2, 0.25) is 0 Å². The summed E-state index contributed by atoms with van der Waals surface area (Å²) >= 11 is 1.75. The van der Waals surface area contributed by atoms with Gasteiger partial charge in [-0.25, -0.2) is 4.99 Å². The smallest absolute Gasteiger partial charge is 0.196 e. The van der Waals surface area contributed by atoms with E-state index in [-0.39, 0.29) is 0 Å². The predicted molar refractivity (Wildman–Crippen MR) is 116 cm³/mol. The minimum Gasteiger partial charge on any atom is -0.493 e. The van der Waals surface area contributed by atoms with Gasteiger partial charge in [0.05, 0.1) is 14.2 Å². The number of anilines is 1. The second kappa shape index (κ2) is 9.92. The Hall–Kier alpha value is -3.07. The van der Waals surface area contributed by atoms with Gasteiger partial charge in [-0.2, -0.15) is 0 Å². The third-order valence-corrected chi connectivity index (χ3v) is 5.39. The summed E-state index contributed by atoms with van der Waals surface area (Å²) in [7, 11) is 5.17. The van der Waals surface area contributed by atoms with Crippen LogP contribution in [0.5, 0.6) is 11.5 Å². The first-order chi connectivity index (χ1) is 14.1. The van der Waals surface area contributed by atoms with Crippen molar-refractivity contribution in [2.75, 3.05) is 26.1 Å². The molecular formula is C20H26N6O2S. The Kier molecular flexibility index (Phi) is 7.07. The summed E-state index contributed by atoms with van der Waals surface area (Å²) in [4.78, 5) is 6.01. The highest BCUT2D eigenvalue weighted by Crippen LogP contribution is 2.29. The summed E-state index contributed by atoms with van der Waals surface area (Å²) in [6.45, 7) is 3.10. The van der Waals surface area contributed by atoms with Crippen LogP contribution in [0.1, 0.15) is 16.5 Å². The van der Waals surface area contributed by atoms with Gasteiger partial charge in [-0.15, -0.1) is 21.5 Å². The molecule has 0 saturated heterocycles. The van der Waals surface area contributed by atoms with E-state index < -0.39 is 0 Å². The Labute approximate surface area is 174 Å². The molecule has 9 heteroatoms. The van der Waals surface area contributed by atoms with Crippen molar-refractivity contribution in [2.45, 2.75) is 19.9 Å². The molecule has 0 aliphatic rings. The Morgan fingerprint density at radius 1 is 1.17 bits per heavy atom. The van der Waals surface area contributed by atoms with Crippen LogP contribution in [0.15, 0.2) is 40.7 Å². The molecule has 0 fully saturated rings. The summed E-state index contributed by atoms with van der Waals surface area (Å²) in [6.07, 6.45) is 0.924. The number of benzene rings is 1. The van der Waals surface area contributed by atoms with Crippen molar-refractivity contribution < 1.29 is 9.47 Å². The van der Waals surface area contributed by atoms with E-state index in [1.54, 1.807) is 25.6 Å². The monoisotopic (exact) mass is 414 g/mol. The molecule has 1 aromatic carbocycles. The van der Waals surface area contributed by atoms with Crippen molar-refractivity contribution in [3.05, 3.63) is 52.2 Å². The molecule has 0 radical (unpaired) electrons. The van der Waals surface area contributed by atoms with Gasteiger partial charge < -0.3 is 24.7 Å². The highest BCUT2D eigenvalue weighted by Gasteiger charge is 2.08. The molecule has 8 nitrogen and oxygen atoms in total. The second-order valence-electron chi connectivity index (χ2n) is 6.34. The van der Waals surface area contributed by atoms with Crippen LogP contribution in [0, 0.1) is 6.92 Å². The van der Waals surface area contributed by atoms with Crippen LogP contribution in [0.25, 0.3) is 0 Å². The highest BCUT2D eigenvalue weighted by atomic mass is 32.1. The third kappa shape index (κ3) is 5.47. The van der Waals surface area contributed by atoms with E-state index in [2.05, 4.69) is 43.3 Å². The lowest BCUT2D eigenvalue weighted by Gasteiger charge is -2.14. The van der Waals surface area contributed by atoms with E-state index in [0.717, 1.165) is 30.3 Å². The van der Waals surface area contributed by atoms with Gasteiger partial charge in [-0.1, -0.05) is 6.07 Å². The number of aliphatic imine (C=N–C) groups is 1. The fourth-order valence-corrected chi connectivity index (χ4v) is 3.40. The fraction of sp³-hybridized carbons (Fsp3) is 0.350. The van der Waals surface area contributed by atoms with Gasteiger partial charge in [0.2, 0.25) is 0 Å². The van der Waals surface area contributed by atoms with Gasteiger partial charge in [0, 0.05) is 30.2 Å². The zero-order valence-electron chi connectivity index (χ0n) is 17.1. The van der Waals surface area contributed by atoms with Crippen LogP contribution < -0.4 is 20.1 Å². The number of rotatable bonds is 8. The average Bonchev–Trinajstić information content (AvgIpc) is 3.36. The number of hydrogen-bond acceptors (Lipinski definition) is 6. The van der Waals surface area contributed by atoms with Crippen molar-refractivity contribution in [3.63, 3.8) is 0 Å². The van der Waals surface area contributed by atoms with Crippen LogP contribution >= 0.6 is 11.3 Å². The van der Waals surface area contributed by atoms with Crippen LogP contribution in [-0.4, -0.2) is 41.5 Å². The largest absolute Gasteiger partial charge is 0.493 e. The molecule has 2 heterocycles. The first kappa shape index (κ1) is 20.7. The number of hydrogen-bond donors (Lipinski definition) is 2. The molecule has 3 rings (SSSR count). The summed E-state index contributed by atoms with van der Waals surface area (Å²) in [5, 5.41) is 17.1. The fourth-order valence-electron chi connectivity index (χ4n) is 2.69. The number of guanidine groups is 1. The lowest BCUT2D eigenvalue weighted by atomic mass is 10.2. The molecule has 2 N–H and O–H groups in total. The van der Waals surface area contributed by atoms with E-state index in [1.165, 1.54) is 4.88 Å². The second-order valence-corrected chi connectivity index (χ2v) is 7.37. The molecule has 2 aromatic heterocycles. The van der Waals surface area contributed by atoms with Crippen molar-refractivity contribution in [1.29, 1.82) is 0 Å². The zero-order chi connectivity index (χ0) is 20.6. The molecule has 3 aromatic rings. The summed E-state index contributed by atoms with van der Waals surface area (Å²) in [5.74, 6) is 3.65. The molecule has 0 aliphatic carbocycles. The van der Waals surface area contributed by atoms with Gasteiger partial charge in [-0.05, 0) is 36.9 Å². The summed E-state index contributed by atoms with van der Waals surface area (Å²) in [6, 6.07) is 9.85. The molecule has 29 heavy (non-hydrogen) atoms. The third-order valence-electron chi connectivity index (χ3n) is 4.45. The first-order valence-corrected chi connectivity index (χ1v) is 10.1. The summed E-state index contributed by atoms with van der Waals surface area (Å²) < 4.78 is 12.6. The van der Waals surface area contributed by atoms with E-state index in [1.807, 2.05) is 36.7 Å². The lowest BCUT2D eigenvalue weighted by Crippen LogP contribution is -2.32. The maximum absolute atomic E-state index is 5.39. The van der Waals surface area contributed by atoms with Gasteiger partial charge in [0.1, 0.15) is 12.4 Å². The quantitative estimate of drug-likeness (QED) is 0.435. The lowest BCUT2D eigenvalue weighted by molar-refractivity contribution is 0.355. The van der Waals surface area contributed by atoms with E-state index >= 15 is 0 Å². The number of aromatic nitrogens is 3. The number of aryl methyl sites for hydroxylation is 1. The van der Waals surface area contributed by atoms with Crippen LogP contribution in [0.4, 0.5) is 5.69 Å². The number of ether oxygens (including phenoxy) is 2. The van der Waals surface area contributed by atoms with Crippen LogP contribution in [0.3, 0.4) is 0 Å². The Morgan fingerprint density at radius 3 is 2.66 bits per heavy atom. The molecular weight excluding hydrogens is 388 g/mol. The Balaban J connectivity index is 1.73. The molecule has 0 spiro atoms. The first-order valence-electron chi connectivity index (χ1n) is 9.25. The molecule has 0 atom stereocenters. The highest BCUT2D eigenvalue weighted by molar-refractivity contribution is 7.09. The summed E-state index contributed by atoms with van der Waals surface area (Å²) in [5.41, 5.74) is 0.846. The van der Waals surface area contributed by atoms with Gasteiger partial charge >= 0.3 is 0 Å². The van der Waals surface area contributed by atoms with Crippen molar-refractivity contribution in [3.8, 4) is 11.5 Å². The Bertz CT molecular complexity index is 952.